The molecule has 17 heavy (non-hydrogen) atoms. The Kier molecular flexibility index (Phi) is 4.03. The SMILES string of the molecule is O=C(NCCC1CCNC1)c1ccncc1F. The first-order valence-corrected chi connectivity index (χ1v) is 5.86. The van der Waals surface area contributed by atoms with E-state index in [1.807, 2.05) is 0 Å². The van der Waals surface area contributed by atoms with Gasteiger partial charge in [-0.1, -0.05) is 0 Å². The Labute approximate surface area is 99.6 Å². The molecule has 2 N–H and O–H groups in total. The molecule has 5 heteroatoms. The molecule has 1 aliphatic rings. The minimum atomic E-state index is -0.576. The summed E-state index contributed by atoms with van der Waals surface area (Å²) in [6, 6.07) is 1.39. The van der Waals surface area contributed by atoms with Gasteiger partial charge in [0.05, 0.1) is 11.8 Å². The fourth-order valence-corrected chi connectivity index (χ4v) is 2.01. The Morgan fingerprint density at radius 1 is 1.65 bits per heavy atom. The number of carbonyl (C=O) groups is 1. The van der Waals surface area contributed by atoms with Gasteiger partial charge in [-0.05, 0) is 37.9 Å². The highest BCUT2D eigenvalue weighted by atomic mass is 19.1. The Bertz CT molecular complexity index is 391. The summed E-state index contributed by atoms with van der Waals surface area (Å²) in [4.78, 5) is 15.3. The van der Waals surface area contributed by atoms with Gasteiger partial charge in [-0.15, -0.1) is 0 Å². The molecule has 4 nitrogen and oxygen atoms in total. The van der Waals surface area contributed by atoms with Gasteiger partial charge < -0.3 is 10.6 Å². The van der Waals surface area contributed by atoms with E-state index in [-0.39, 0.29) is 11.5 Å². The van der Waals surface area contributed by atoms with Crippen molar-refractivity contribution in [3.63, 3.8) is 0 Å². The molecule has 1 aromatic heterocycles. The maximum absolute atomic E-state index is 13.2. The number of pyridine rings is 1. The summed E-state index contributed by atoms with van der Waals surface area (Å²) in [5.41, 5.74) is 0.0598. The van der Waals surface area contributed by atoms with Crippen molar-refractivity contribution in [3.05, 3.63) is 29.8 Å². The molecule has 1 unspecified atom stereocenters. The standard InChI is InChI=1S/C12H16FN3O/c13-11-8-15-5-3-10(11)12(17)16-6-2-9-1-4-14-7-9/h3,5,8-9,14H,1-2,4,6-7H2,(H,16,17). The van der Waals surface area contributed by atoms with Crippen LogP contribution in [-0.2, 0) is 0 Å². The van der Waals surface area contributed by atoms with Crippen LogP contribution in [0.4, 0.5) is 4.39 Å². The minimum absolute atomic E-state index is 0.0598. The van der Waals surface area contributed by atoms with E-state index in [9.17, 15) is 9.18 Å². The maximum atomic E-state index is 13.2. The van der Waals surface area contributed by atoms with E-state index in [0.717, 1.165) is 32.1 Å². The van der Waals surface area contributed by atoms with Crippen LogP contribution < -0.4 is 10.6 Å². The summed E-state index contributed by atoms with van der Waals surface area (Å²) < 4.78 is 13.2. The fourth-order valence-electron chi connectivity index (χ4n) is 2.01. The smallest absolute Gasteiger partial charge is 0.254 e. The lowest BCUT2D eigenvalue weighted by Gasteiger charge is -2.09. The van der Waals surface area contributed by atoms with E-state index in [1.165, 1.54) is 12.3 Å². The number of rotatable bonds is 4. The number of halogens is 1. The van der Waals surface area contributed by atoms with Crippen LogP contribution in [0, 0.1) is 11.7 Å². The van der Waals surface area contributed by atoms with E-state index >= 15 is 0 Å². The van der Waals surface area contributed by atoms with Gasteiger partial charge in [0.2, 0.25) is 0 Å². The predicted octanol–water partition coefficient (Wildman–Crippen LogP) is 0.950. The Morgan fingerprint density at radius 2 is 2.53 bits per heavy atom. The molecular weight excluding hydrogens is 221 g/mol. The van der Waals surface area contributed by atoms with Crippen molar-refractivity contribution in [2.45, 2.75) is 12.8 Å². The number of nitrogens with zero attached hydrogens (tertiary/aromatic N) is 1. The second-order valence-corrected chi connectivity index (χ2v) is 4.26. The normalized spacial score (nSPS) is 19.2. The number of hydrogen-bond acceptors (Lipinski definition) is 3. The fraction of sp³-hybridized carbons (Fsp3) is 0.500. The highest BCUT2D eigenvalue weighted by Gasteiger charge is 2.15. The molecule has 0 spiro atoms. The second kappa shape index (κ2) is 5.72. The second-order valence-electron chi connectivity index (χ2n) is 4.26. The number of carbonyl (C=O) groups excluding carboxylic acids is 1. The topological polar surface area (TPSA) is 54.0 Å². The molecule has 1 atom stereocenters. The third-order valence-electron chi connectivity index (χ3n) is 3.02. The Hall–Kier alpha value is -1.49. The van der Waals surface area contributed by atoms with Gasteiger partial charge in [0.25, 0.3) is 5.91 Å². The lowest BCUT2D eigenvalue weighted by atomic mass is 10.1. The van der Waals surface area contributed by atoms with Crippen LogP contribution in [0.1, 0.15) is 23.2 Å². The maximum Gasteiger partial charge on any atom is 0.254 e. The van der Waals surface area contributed by atoms with Crippen molar-refractivity contribution >= 4 is 5.91 Å². The minimum Gasteiger partial charge on any atom is -0.352 e. The monoisotopic (exact) mass is 237 g/mol. The summed E-state index contributed by atoms with van der Waals surface area (Å²) in [7, 11) is 0. The van der Waals surface area contributed by atoms with Gasteiger partial charge in [-0.25, -0.2) is 4.39 Å². The summed E-state index contributed by atoms with van der Waals surface area (Å²) in [5.74, 6) is -0.319. The van der Waals surface area contributed by atoms with Gasteiger partial charge >= 0.3 is 0 Å². The van der Waals surface area contributed by atoms with Crippen molar-refractivity contribution in [1.82, 2.24) is 15.6 Å². The van der Waals surface area contributed by atoms with Crippen molar-refractivity contribution in [2.24, 2.45) is 5.92 Å². The third-order valence-corrected chi connectivity index (χ3v) is 3.02. The largest absolute Gasteiger partial charge is 0.352 e. The molecule has 1 saturated heterocycles. The van der Waals surface area contributed by atoms with Gasteiger partial charge in [-0.3, -0.25) is 9.78 Å². The quantitative estimate of drug-likeness (QED) is 0.819. The lowest BCUT2D eigenvalue weighted by Crippen LogP contribution is -2.27. The molecule has 1 amide bonds. The van der Waals surface area contributed by atoms with Crippen LogP contribution in [0.5, 0.6) is 0 Å². The summed E-state index contributed by atoms with van der Waals surface area (Å²) >= 11 is 0. The summed E-state index contributed by atoms with van der Waals surface area (Å²) in [6.45, 7) is 2.66. The molecule has 1 aliphatic heterocycles. The zero-order valence-electron chi connectivity index (χ0n) is 9.58. The number of aromatic nitrogens is 1. The van der Waals surface area contributed by atoms with Crippen LogP contribution in [-0.4, -0.2) is 30.5 Å². The molecule has 2 heterocycles. The molecule has 92 valence electrons. The predicted molar refractivity (Wildman–Crippen MR) is 62.1 cm³/mol. The average molecular weight is 237 g/mol. The first kappa shape index (κ1) is 12.0. The first-order valence-electron chi connectivity index (χ1n) is 5.86. The number of amides is 1. The highest BCUT2D eigenvalue weighted by molar-refractivity contribution is 5.94. The van der Waals surface area contributed by atoms with Gasteiger partial charge in [0.1, 0.15) is 0 Å². The molecule has 0 aliphatic carbocycles. The first-order chi connectivity index (χ1) is 8.27. The van der Waals surface area contributed by atoms with Gasteiger partial charge in [-0.2, -0.15) is 0 Å². The molecule has 1 fully saturated rings. The summed E-state index contributed by atoms with van der Waals surface area (Å²) in [6.07, 6.45) is 4.56. The molecule has 0 saturated carbocycles. The van der Waals surface area contributed by atoms with E-state index in [4.69, 9.17) is 0 Å². The van der Waals surface area contributed by atoms with Crippen LogP contribution in [0.3, 0.4) is 0 Å². The molecule has 2 rings (SSSR count). The van der Waals surface area contributed by atoms with Crippen molar-refractivity contribution < 1.29 is 9.18 Å². The van der Waals surface area contributed by atoms with Crippen molar-refractivity contribution in [2.75, 3.05) is 19.6 Å². The number of nitrogens with one attached hydrogen (secondary N) is 2. The number of hydrogen-bond donors (Lipinski definition) is 2. The highest BCUT2D eigenvalue weighted by Crippen LogP contribution is 2.11. The van der Waals surface area contributed by atoms with Crippen LogP contribution in [0.15, 0.2) is 18.5 Å². The van der Waals surface area contributed by atoms with Crippen LogP contribution in [0.25, 0.3) is 0 Å². The zero-order chi connectivity index (χ0) is 12.1. The molecular formula is C12H16FN3O. The molecule has 0 radical (unpaired) electrons. The van der Waals surface area contributed by atoms with Crippen LogP contribution in [0.2, 0.25) is 0 Å². The average Bonchev–Trinajstić information content (AvgIpc) is 2.82. The van der Waals surface area contributed by atoms with E-state index in [2.05, 4.69) is 15.6 Å². The third kappa shape index (κ3) is 3.23. The molecule has 1 aromatic rings. The van der Waals surface area contributed by atoms with E-state index in [1.54, 1.807) is 0 Å². The zero-order valence-corrected chi connectivity index (χ0v) is 9.58. The Morgan fingerprint density at radius 3 is 3.24 bits per heavy atom. The Balaban J connectivity index is 1.79. The lowest BCUT2D eigenvalue weighted by molar-refractivity contribution is 0.0947. The van der Waals surface area contributed by atoms with Crippen molar-refractivity contribution in [3.8, 4) is 0 Å². The molecule has 0 bridgehead atoms. The van der Waals surface area contributed by atoms with E-state index in [0.29, 0.717) is 12.5 Å². The van der Waals surface area contributed by atoms with Gasteiger partial charge in [0, 0.05) is 12.7 Å². The van der Waals surface area contributed by atoms with Crippen molar-refractivity contribution in [1.29, 1.82) is 0 Å². The molecule has 0 aromatic carbocycles. The van der Waals surface area contributed by atoms with E-state index < -0.39 is 5.82 Å². The van der Waals surface area contributed by atoms with Crippen LogP contribution >= 0.6 is 0 Å². The van der Waals surface area contributed by atoms with Gasteiger partial charge in [0.15, 0.2) is 5.82 Å². The summed E-state index contributed by atoms with van der Waals surface area (Å²) in [5, 5.41) is 6.00.